The molecule has 0 bridgehead atoms. The molecule has 5 nitrogen and oxygen atoms in total. The lowest BCUT2D eigenvalue weighted by molar-refractivity contribution is -0.117. The van der Waals surface area contributed by atoms with E-state index in [-0.39, 0.29) is 17.1 Å². The molecule has 6 heteroatoms. The molecule has 1 amide bonds. The van der Waals surface area contributed by atoms with E-state index in [0.29, 0.717) is 12.4 Å². The highest BCUT2D eigenvalue weighted by atomic mass is 32.2. The number of benzene rings is 1. The number of carbonyl (C=O) groups excluding carboxylic acids is 1. The normalized spacial score (nSPS) is 11.2. The Labute approximate surface area is 113 Å². The quantitative estimate of drug-likeness (QED) is 0.734. The molecular weight excluding hydrogens is 266 g/mol. The molecule has 0 fully saturated rings. The van der Waals surface area contributed by atoms with Gasteiger partial charge in [-0.05, 0) is 30.7 Å². The van der Waals surface area contributed by atoms with Gasteiger partial charge in [0.05, 0.1) is 17.3 Å². The molecule has 0 aromatic heterocycles. The van der Waals surface area contributed by atoms with Crippen LogP contribution >= 0.6 is 0 Å². The van der Waals surface area contributed by atoms with Crippen molar-refractivity contribution in [3.63, 3.8) is 0 Å². The number of unbranched alkanes of at least 4 members (excludes halogenated alkanes) is 1. The molecule has 0 heterocycles. The van der Waals surface area contributed by atoms with Gasteiger partial charge in [0.15, 0.2) is 9.84 Å². The number of ether oxygens (including phenoxy) is 1. The number of carbonyl (C=O) groups is 1. The van der Waals surface area contributed by atoms with Crippen LogP contribution in [0.2, 0.25) is 0 Å². The molecule has 2 N–H and O–H groups in total. The van der Waals surface area contributed by atoms with Crippen LogP contribution in [0.15, 0.2) is 29.2 Å². The first-order valence-electron chi connectivity index (χ1n) is 6.19. The van der Waals surface area contributed by atoms with Crippen molar-refractivity contribution in [2.45, 2.75) is 31.1 Å². The second-order valence-corrected chi connectivity index (χ2v) is 6.32. The van der Waals surface area contributed by atoms with Crippen molar-refractivity contribution in [3.05, 3.63) is 24.3 Å². The molecule has 0 saturated carbocycles. The van der Waals surface area contributed by atoms with Gasteiger partial charge in [0, 0.05) is 6.42 Å². The molecule has 1 aromatic rings. The summed E-state index contributed by atoms with van der Waals surface area (Å²) in [6.45, 7) is 2.68. The average molecular weight is 285 g/mol. The Balaban J connectivity index is 2.67. The van der Waals surface area contributed by atoms with Crippen LogP contribution in [-0.2, 0) is 14.6 Å². The lowest BCUT2D eigenvalue weighted by atomic mass is 10.3. The van der Waals surface area contributed by atoms with Gasteiger partial charge in [-0.1, -0.05) is 13.3 Å². The number of hydrogen-bond donors (Lipinski definition) is 1. The van der Waals surface area contributed by atoms with E-state index < -0.39 is 15.7 Å². The Kier molecular flexibility index (Phi) is 5.82. The number of sulfone groups is 1. The molecule has 0 aliphatic rings. The molecule has 19 heavy (non-hydrogen) atoms. The van der Waals surface area contributed by atoms with E-state index >= 15 is 0 Å². The first-order chi connectivity index (χ1) is 8.95. The summed E-state index contributed by atoms with van der Waals surface area (Å²) in [6, 6.07) is 6.20. The summed E-state index contributed by atoms with van der Waals surface area (Å²) >= 11 is 0. The van der Waals surface area contributed by atoms with Crippen molar-refractivity contribution in [3.8, 4) is 5.75 Å². The maximum absolute atomic E-state index is 11.9. The minimum absolute atomic E-state index is 0.170. The van der Waals surface area contributed by atoms with Crippen molar-refractivity contribution in [1.29, 1.82) is 0 Å². The first kappa shape index (κ1) is 15.5. The second-order valence-electron chi connectivity index (χ2n) is 4.21. The third kappa shape index (κ3) is 5.30. The van der Waals surface area contributed by atoms with E-state index in [1.54, 1.807) is 12.1 Å². The van der Waals surface area contributed by atoms with Crippen LogP contribution in [0, 0.1) is 0 Å². The third-order valence-corrected chi connectivity index (χ3v) is 4.30. The van der Waals surface area contributed by atoms with Gasteiger partial charge >= 0.3 is 0 Å². The summed E-state index contributed by atoms with van der Waals surface area (Å²) in [7, 11) is -3.45. The highest BCUT2D eigenvalue weighted by Gasteiger charge is 2.15. The van der Waals surface area contributed by atoms with Crippen molar-refractivity contribution in [2.24, 2.45) is 5.73 Å². The Bertz CT molecular complexity index is 508. The predicted molar refractivity (Wildman–Crippen MR) is 72.7 cm³/mol. The van der Waals surface area contributed by atoms with E-state index in [1.807, 2.05) is 0 Å². The van der Waals surface area contributed by atoms with Crippen LogP contribution in [0.5, 0.6) is 5.75 Å². The smallest absolute Gasteiger partial charge is 0.218 e. The molecule has 106 valence electrons. The van der Waals surface area contributed by atoms with Gasteiger partial charge in [0.2, 0.25) is 5.91 Å². The number of primary amides is 1. The summed E-state index contributed by atoms with van der Waals surface area (Å²) in [5.74, 6) is -0.247. The van der Waals surface area contributed by atoms with Gasteiger partial charge < -0.3 is 10.5 Å². The zero-order valence-corrected chi connectivity index (χ0v) is 11.8. The number of amides is 1. The highest BCUT2D eigenvalue weighted by Crippen LogP contribution is 2.17. The molecular formula is C13H19NO4S. The first-order valence-corrected chi connectivity index (χ1v) is 7.85. The SMILES string of the molecule is CCCCOc1ccc(S(=O)(=O)CCC(N)=O)cc1. The standard InChI is InChI=1S/C13H19NO4S/c1-2-3-9-18-11-4-6-12(7-5-11)19(16,17)10-8-13(14)15/h4-7H,2-3,8-10H2,1H3,(H2,14,15). The Morgan fingerprint density at radius 1 is 1.26 bits per heavy atom. The molecule has 0 aliphatic heterocycles. The Morgan fingerprint density at radius 3 is 2.42 bits per heavy atom. The van der Waals surface area contributed by atoms with Crippen LogP contribution in [0.4, 0.5) is 0 Å². The Morgan fingerprint density at radius 2 is 1.89 bits per heavy atom. The lowest BCUT2D eigenvalue weighted by Crippen LogP contribution is -2.17. The van der Waals surface area contributed by atoms with Crippen molar-refractivity contribution in [1.82, 2.24) is 0 Å². The maximum atomic E-state index is 11.9. The number of hydrogen-bond acceptors (Lipinski definition) is 4. The monoisotopic (exact) mass is 285 g/mol. The third-order valence-electron chi connectivity index (χ3n) is 2.57. The summed E-state index contributed by atoms with van der Waals surface area (Å²) in [4.78, 5) is 10.8. The summed E-state index contributed by atoms with van der Waals surface area (Å²) < 4.78 is 29.2. The number of nitrogens with two attached hydrogens (primary N) is 1. The maximum Gasteiger partial charge on any atom is 0.218 e. The summed E-state index contributed by atoms with van der Waals surface area (Å²) in [5, 5.41) is 0. The van der Waals surface area contributed by atoms with Gasteiger partial charge in [-0.2, -0.15) is 0 Å². The largest absolute Gasteiger partial charge is 0.494 e. The van der Waals surface area contributed by atoms with E-state index in [2.05, 4.69) is 6.92 Å². The van der Waals surface area contributed by atoms with E-state index in [4.69, 9.17) is 10.5 Å². The molecule has 0 atom stereocenters. The minimum Gasteiger partial charge on any atom is -0.494 e. The van der Waals surface area contributed by atoms with Gasteiger partial charge in [0.1, 0.15) is 5.75 Å². The Hall–Kier alpha value is -1.56. The molecule has 0 saturated heterocycles. The highest BCUT2D eigenvalue weighted by molar-refractivity contribution is 7.91. The van der Waals surface area contributed by atoms with Crippen LogP contribution < -0.4 is 10.5 Å². The fourth-order valence-corrected chi connectivity index (χ4v) is 2.69. The minimum atomic E-state index is -3.45. The van der Waals surface area contributed by atoms with Gasteiger partial charge in [-0.15, -0.1) is 0 Å². The van der Waals surface area contributed by atoms with Crippen molar-refractivity contribution in [2.75, 3.05) is 12.4 Å². The summed E-state index contributed by atoms with van der Waals surface area (Å²) in [5.41, 5.74) is 4.95. The fourth-order valence-electron chi connectivity index (χ4n) is 1.43. The molecule has 0 spiro atoms. The molecule has 0 unspecified atom stereocenters. The van der Waals surface area contributed by atoms with E-state index in [0.717, 1.165) is 12.8 Å². The predicted octanol–water partition coefficient (Wildman–Crippen LogP) is 1.51. The fraction of sp³-hybridized carbons (Fsp3) is 0.462. The van der Waals surface area contributed by atoms with Crippen LogP contribution in [0.25, 0.3) is 0 Å². The van der Waals surface area contributed by atoms with E-state index in [1.165, 1.54) is 12.1 Å². The lowest BCUT2D eigenvalue weighted by Gasteiger charge is -2.07. The van der Waals surface area contributed by atoms with Crippen LogP contribution in [-0.4, -0.2) is 26.7 Å². The molecule has 1 rings (SSSR count). The van der Waals surface area contributed by atoms with E-state index in [9.17, 15) is 13.2 Å². The topological polar surface area (TPSA) is 86.5 Å². The van der Waals surface area contributed by atoms with Crippen molar-refractivity contribution >= 4 is 15.7 Å². The van der Waals surface area contributed by atoms with Crippen molar-refractivity contribution < 1.29 is 17.9 Å². The molecule has 0 aliphatic carbocycles. The van der Waals surface area contributed by atoms with Gasteiger partial charge in [-0.25, -0.2) is 8.42 Å². The summed E-state index contributed by atoms with van der Waals surface area (Å²) in [6.07, 6.45) is 1.83. The van der Waals surface area contributed by atoms with Crippen LogP contribution in [0.3, 0.4) is 0 Å². The van der Waals surface area contributed by atoms with Crippen LogP contribution in [0.1, 0.15) is 26.2 Å². The zero-order valence-electron chi connectivity index (χ0n) is 11.0. The number of rotatable bonds is 8. The average Bonchev–Trinajstić information content (AvgIpc) is 2.37. The van der Waals surface area contributed by atoms with Gasteiger partial charge in [0.25, 0.3) is 0 Å². The zero-order chi connectivity index (χ0) is 14.3. The second kappa shape index (κ2) is 7.13. The molecule has 0 radical (unpaired) electrons. The molecule has 1 aromatic carbocycles. The van der Waals surface area contributed by atoms with Gasteiger partial charge in [-0.3, -0.25) is 4.79 Å².